The Balaban J connectivity index is 1.57. The third-order valence-electron chi connectivity index (χ3n) is 5.85. The van der Waals surface area contributed by atoms with E-state index in [1.807, 2.05) is 6.07 Å². The Bertz CT molecular complexity index is 1370. The van der Waals surface area contributed by atoms with Gasteiger partial charge in [-0.15, -0.1) is 0 Å². The van der Waals surface area contributed by atoms with E-state index in [2.05, 4.69) is 10.6 Å². The zero-order chi connectivity index (χ0) is 25.7. The van der Waals surface area contributed by atoms with E-state index in [9.17, 15) is 18.0 Å². The number of benzene rings is 3. The number of ether oxygens (including phenoxy) is 2. The quantitative estimate of drug-likeness (QED) is 0.475. The van der Waals surface area contributed by atoms with Crippen molar-refractivity contribution in [3.8, 4) is 11.5 Å². The molecule has 0 unspecified atom stereocenters. The van der Waals surface area contributed by atoms with E-state index >= 15 is 0 Å². The van der Waals surface area contributed by atoms with Crippen LogP contribution in [0.2, 0.25) is 0 Å². The summed E-state index contributed by atoms with van der Waals surface area (Å²) in [5, 5.41) is 5.54. The van der Waals surface area contributed by atoms with Gasteiger partial charge in [-0.3, -0.25) is 9.59 Å². The number of hydrogen-bond donors (Lipinski definition) is 2. The fourth-order valence-corrected chi connectivity index (χ4v) is 5.51. The summed E-state index contributed by atoms with van der Waals surface area (Å²) in [6.45, 7) is 0.950. The summed E-state index contributed by atoms with van der Waals surface area (Å²) < 4.78 is 38.1. The van der Waals surface area contributed by atoms with Crippen molar-refractivity contribution < 1.29 is 27.5 Å². The highest BCUT2D eigenvalue weighted by Crippen LogP contribution is 2.37. The van der Waals surface area contributed by atoms with E-state index in [0.717, 1.165) is 12.8 Å². The molecule has 1 heterocycles. The Morgan fingerprint density at radius 1 is 0.750 bits per heavy atom. The Hall–Kier alpha value is -3.89. The molecule has 0 aliphatic carbocycles. The van der Waals surface area contributed by atoms with Gasteiger partial charge in [-0.1, -0.05) is 24.3 Å². The zero-order valence-electron chi connectivity index (χ0n) is 20.0. The van der Waals surface area contributed by atoms with Gasteiger partial charge in [-0.25, -0.2) is 8.42 Å². The minimum Gasteiger partial charge on any atom is -0.494 e. The average Bonchev–Trinajstić information content (AvgIpc) is 3.46. The van der Waals surface area contributed by atoms with Crippen molar-refractivity contribution in [1.82, 2.24) is 4.31 Å². The topological polar surface area (TPSA) is 114 Å². The van der Waals surface area contributed by atoms with Gasteiger partial charge in [0.25, 0.3) is 11.8 Å². The number of anilines is 2. The van der Waals surface area contributed by atoms with Gasteiger partial charge in [0.2, 0.25) is 10.0 Å². The van der Waals surface area contributed by atoms with Crippen molar-refractivity contribution in [2.45, 2.75) is 17.7 Å². The summed E-state index contributed by atoms with van der Waals surface area (Å²) in [6.07, 6.45) is 1.64. The highest BCUT2D eigenvalue weighted by atomic mass is 32.2. The van der Waals surface area contributed by atoms with Crippen LogP contribution in [0.1, 0.15) is 33.6 Å². The molecular formula is C26H27N3O6S. The summed E-state index contributed by atoms with van der Waals surface area (Å²) in [5.41, 5.74) is 1.31. The number of sulfonamides is 1. The number of hydrogen-bond acceptors (Lipinski definition) is 6. The molecule has 0 aromatic heterocycles. The molecule has 188 valence electrons. The Morgan fingerprint density at radius 2 is 1.28 bits per heavy atom. The van der Waals surface area contributed by atoms with E-state index in [-0.39, 0.29) is 22.1 Å². The second kappa shape index (κ2) is 10.8. The fraction of sp³-hybridized carbons (Fsp3) is 0.231. The smallest absolute Gasteiger partial charge is 0.255 e. The molecule has 2 N–H and O–H groups in total. The molecule has 0 bridgehead atoms. The number of carbonyl (C=O) groups is 2. The van der Waals surface area contributed by atoms with Crippen LogP contribution in [0.5, 0.6) is 11.5 Å². The number of amides is 2. The standard InChI is InChI=1S/C26H27N3O6S/c1-34-23-17-22(24(35-2)16-21(23)27-25(30)18-9-4-3-5-10-18)28-26(31)19-11-8-12-20(15-19)36(32,33)29-13-6-7-14-29/h3-5,8-12,15-17H,6-7,13-14H2,1-2H3,(H,27,30)(H,28,31). The SMILES string of the molecule is COc1cc(NC(=O)c2cccc(S(=O)(=O)N3CCCC3)c2)c(OC)cc1NC(=O)c1ccccc1. The molecular weight excluding hydrogens is 482 g/mol. The van der Waals surface area contributed by atoms with Gasteiger partial charge in [-0.2, -0.15) is 4.31 Å². The minimum absolute atomic E-state index is 0.0700. The van der Waals surface area contributed by atoms with Crippen LogP contribution in [-0.2, 0) is 10.0 Å². The molecule has 3 aromatic rings. The monoisotopic (exact) mass is 509 g/mol. The lowest BCUT2D eigenvalue weighted by molar-refractivity contribution is 0.101. The van der Waals surface area contributed by atoms with Crippen molar-refractivity contribution in [2.75, 3.05) is 37.9 Å². The number of nitrogens with zero attached hydrogens (tertiary/aromatic N) is 1. The van der Waals surface area contributed by atoms with Crippen molar-refractivity contribution in [3.05, 3.63) is 77.9 Å². The normalized spacial score (nSPS) is 13.7. The van der Waals surface area contributed by atoms with Crippen LogP contribution in [0.25, 0.3) is 0 Å². The second-order valence-electron chi connectivity index (χ2n) is 8.17. The van der Waals surface area contributed by atoms with Crippen molar-refractivity contribution in [2.24, 2.45) is 0 Å². The number of methoxy groups -OCH3 is 2. The first kappa shape index (κ1) is 25.2. The maximum Gasteiger partial charge on any atom is 0.255 e. The van der Waals surface area contributed by atoms with Gasteiger partial charge in [0.1, 0.15) is 11.5 Å². The molecule has 0 spiro atoms. The van der Waals surface area contributed by atoms with Crippen LogP contribution in [0, 0.1) is 0 Å². The largest absolute Gasteiger partial charge is 0.494 e. The van der Waals surface area contributed by atoms with Gasteiger partial charge in [-0.05, 0) is 43.2 Å². The van der Waals surface area contributed by atoms with Crippen molar-refractivity contribution >= 4 is 33.2 Å². The van der Waals surface area contributed by atoms with Crippen LogP contribution in [0.15, 0.2) is 71.6 Å². The molecule has 36 heavy (non-hydrogen) atoms. The van der Waals surface area contributed by atoms with Crippen LogP contribution < -0.4 is 20.1 Å². The number of rotatable bonds is 8. The van der Waals surface area contributed by atoms with Crippen molar-refractivity contribution in [1.29, 1.82) is 0 Å². The van der Waals surface area contributed by atoms with E-state index in [0.29, 0.717) is 35.8 Å². The average molecular weight is 510 g/mol. The van der Waals surface area contributed by atoms with Crippen LogP contribution in [-0.4, -0.2) is 51.8 Å². The van der Waals surface area contributed by atoms with Crippen molar-refractivity contribution in [3.63, 3.8) is 0 Å². The lowest BCUT2D eigenvalue weighted by atomic mass is 10.1. The molecule has 9 nitrogen and oxygen atoms in total. The minimum atomic E-state index is -3.66. The van der Waals surface area contributed by atoms with E-state index < -0.39 is 15.9 Å². The highest BCUT2D eigenvalue weighted by molar-refractivity contribution is 7.89. The predicted octanol–water partition coefficient (Wildman–Crippen LogP) is 3.99. The van der Waals surface area contributed by atoms with Crippen LogP contribution >= 0.6 is 0 Å². The van der Waals surface area contributed by atoms with Crippen LogP contribution in [0.4, 0.5) is 11.4 Å². The summed E-state index contributed by atoms with van der Waals surface area (Å²) >= 11 is 0. The number of nitrogens with one attached hydrogen (secondary N) is 2. The molecule has 10 heteroatoms. The molecule has 0 atom stereocenters. The Morgan fingerprint density at radius 3 is 1.83 bits per heavy atom. The third-order valence-corrected chi connectivity index (χ3v) is 7.75. The highest BCUT2D eigenvalue weighted by Gasteiger charge is 2.28. The van der Waals surface area contributed by atoms with Gasteiger partial charge in [0.15, 0.2) is 0 Å². The maximum absolute atomic E-state index is 13.0. The first-order chi connectivity index (χ1) is 17.3. The summed E-state index contributed by atoms with van der Waals surface area (Å²) in [6, 6.07) is 17.7. The molecule has 0 saturated carbocycles. The molecule has 2 amide bonds. The first-order valence-corrected chi connectivity index (χ1v) is 12.8. The summed E-state index contributed by atoms with van der Waals surface area (Å²) in [5.74, 6) is -0.257. The molecule has 1 fully saturated rings. The van der Waals surface area contributed by atoms with Gasteiger partial charge in [0.05, 0.1) is 30.5 Å². The van der Waals surface area contributed by atoms with Gasteiger partial charge >= 0.3 is 0 Å². The molecule has 1 aliphatic rings. The molecule has 0 radical (unpaired) electrons. The molecule has 1 aliphatic heterocycles. The lowest BCUT2D eigenvalue weighted by Crippen LogP contribution is -2.28. The Kier molecular flexibility index (Phi) is 7.56. The summed E-state index contributed by atoms with van der Waals surface area (Å²) in [4.78, 5) is 25.7. The van der Waals surface area contributed by atoms with E-state index in [4.69, 9.17) is 9.47 Å². The first-order valence-electron chi connectivity index (χ1n) is 11.4. The third kappa shape index (κ3) is 5.34. The lowest BCUT2D eigenvalue weighted by Gasteiger charge is -2.17. The van der Waals surface area contributed by atoms with Crippen LogP contribution in [0.3, 0.4) is 0 Å². The molecule has 4 rings (SSSR count). The fourth-order valence-electron chi connectivity index (χ4n) is 3.95. The molecule has 3 aromatic carbocycles. The summed E-state index contributed by atoms with van der Waals surface area (Å²) in [7, 11) is -0.786. The van der Waals surface area contributed by atoms with Gasteiger partial charge < -0.3 is 20.1 Å². The second-order valence-corrected chi connectivity index (χ2v) is 10.1. The Labute approximate surface area is 210 Å². The van der Waals surface area contributed by atoms with E-state index in [1.54, 1.807) is 30.3 Å². The molecule has 1 saturated heterocycles. The van der Waals surface area contributed by atoms with Gasteiger partial charge in [0, 0.05) is 36.3 Å². The zero-order valence-corrected chi connectivity index (χ0v) is 20.8. The predicted molar refractivity (Wildman–Crippen MR) is 136 cm³/mol. The van der Waals surface area contributed by atoms with E-state index in [1.165, 1.54) is 48.9 Å². The number of carbonyl (C=O) groups excluding carboxylic acids is 2. The maximum atomic E-state index is 13.0.